The molecule has 0 radical (unpaired) electrons. The number of ether oxygens (including phenoxy) is 1. The van der Waals surface area contributed by atoms with Crippen LogP contribution in [0.5, 0.6) is 5.75 Å². The number of rotatable bonds is 4. The molecule has 0 amide bonds. The zero-order chi connectivity index (χ0) is 12.1. The highest BCUT2D eigenvalue weighted by molar-refractivity contribution is 9.10. The van der Waals surface area contributed by atoms with Crippen LogP contribution in [-0.2, 0) is 6.42 Å². The molecule has 0 unspecified atom stereocenters. The van der Waals surface area contributed by atoms with Crippen LogP contribution in [0.25, 0.3) is 0 Å². The highest BCUT2D eigenvalue weighted by atomic mass is 79.9. The summed E-state index contributed by atoms with van der Waals surface area (Å²) in [7, 11) is 0. The molecule has 2 N–H and O–H groups in total. The van der Waals surface area contributed by atoms with Crippen molar-refractivity contribution in [3.63, 3.8) is 0 Å². The SMILES string of the molecule is Nc1ccc(OCCc2cccc(Br)c2)cc1. The quantitative estimate of drug-likeness (QED) is 0.873. The number of nitrogens with two attached hydrogens (primary N) is 1. The fraction of sp³-hybridized carbons (Fsp3) is 0.143. The van der Waals surface area contributed by atoms with Gasteiger partial charge in [0, 0.05) is 16.6 Å². The molecule has 0 saturated carbocycles. The second-order valence-corrected chi connectivity index (χ2v) is 4.71. The molecular formula is C14H14BrNO. The summed E-state index contributed by atoms with van der Waals surface area (Å²) in [5.74, 6) is 0.856. The second-order valence-electron chi connectivity index (χ2n) is 3.80. The van der Waals surface area contributed by atoms with E-state index in [1.165, 1.54) is 5.56 Å². The molecule has 2 nitrogen and oxygen atoms in total. The van der Waals surface area contributed by atoms with Crippen molar-refractivity contribution >= 4 is 21.6 Å². The average molecular weight is 292 g/mol. The normalized spacial score (nSPS) is 10.2. The van der Waals surface area contributed by atoms with Gasteiger partial charge in [-0.3, -0.25) is 0 Å². The zero-order valence-electron chi connectivity index (χ0n) is 9.40. The summed E-state index contributed by atoms with van der Waals surface area (Å²) in [6.45, 7) is 0.667. The van der Waals surface area contributed by atoms with Crippen molar-refractivity contribution in [2.75, 3.05) is 12.3 Å². The Labute approximate surface area is 110 Å². The Bertz CT molecular complexity index is 482. The van der Waals surface area contributed by atoms with Crippen molar-refractivity contribution in [3.8, 4) is 5.75 Å². The molecular weight excluding hydrogens is 278 g/mol. The number of hydrogen-bond acceptors (Lipinski definition) is 2. The van der Waals surface area contributed by atoms with E-state index in [4.69, 9.17) is 10.5 Å². The van der Waals surface area contributed by atoms with Gasteiger partial charge in [-0.15, -0.1) is 0 Å². The van der Waals surface area contributed by atoms with E-state index in [0.717, 1.165) is 22.3 Å². The third-order valence-electron chi connectivity index (χ3n) is 2.43. The Balaban J connectivity index is 1.85. The minimum Gasteiger partial charge on any atom is -0.493 e. The van der Waals surface area contributed by atoms with Gasteiger partial charge in [-0.1, -0.05) is 28.1 Å². The largest absolute Gasteiger partial charge is 0.493 e. The molecule has 2 aromatic carbocycles. The first-order valence-electron chi connectivity index (χ1n) is 5.47. The highest BCUT2D eigenvalue weighted by Gasteiger charge is 1.96. The molecule has 2 aromatic rings. The van der Waals surface area contributed by atoms with Gasteiger partial charge in [0.1, 0.15) is 5.75 Å². The fourth-order valence-corrected chi connectivity index (χ4v) is 1.99. The topological polar surface area (TPSA) is 35.2 Å². The van der Waals surface area contributed by atoms with Crippen LogP contribution < -0.4 is 10.5 Å². The molecule has 0 heterocycles. The first-order valence-corrected chi connectivity index (χ1v) is 6.26. The lowest BCUT2D eigenvalue weighted by Crippen LogP contribution is -2.01. The second kappa shape index (κ2) is 5.73. The summed E-state index contributed by atoms with van der Waals surface area (Å²) in [6.07, 6.45) is 0.893. The molecule has 17 heavy (non-hydrogen) atoms. The highest BCUT2D eigenvalue weighted by Crippen LogP contribution is 2.15. The third kappa shape index (κ3) is 3.79. The van der Waals surface area contributed by atoms with Crippen LogP contribution in [0.3, 0.4) is 0 Å². The summed E-state index contributed by atoms with van der Waals surface area (Å²) in [5, 5.41) is 0. The molecule has 0 bridgehead atoms. The number of halogens is 1. The number of nitrogen functional groups attached to an aromatic ring is 1. The lowest BCUT2D eigenvalue weighted by molar-refractivity contribution is 0.322. The van der Waals surface area contributed by atoms with Crippen molar-refractivity contribution in [2.45, 2.75) is 6.42 Å². The van der Waals surface area contributed by atoms with Crippen LogP contribution in [0.2, 0.25) is 0 Å². The monoisotopic (exact) mass is 291 g/mol. The van der Waals surface area contributed by atoms with Gasteiger partial charge in [-0.2, -0.15) is 0 Å². The van der Waals surface area contributed by atoms with E-state index < -0.39 is 0 Å². The maximum absolute atomic E-state index is 5.63. The van der Waals surface area contributed by atoms with Gasteiger partial charge in [0.15, 0.2) is 0 Å². The Morgan fingerprint density at radius 1 is 1.06 bits per heavy atom. The van der Waals surface area contributed by atoms with Gasteiger partial charge in [-0.05, 0) is 42.0 Å². The van der Waals surface area contributed by atoms with Gasteiger partial charge in [-0.25, -0.2) is 0 Å². The van der Waals surface area contributed by atoms with Crippen LogP contribution in [-0.4, -0.2) is 6.61 Å². The Kier molecular flexibility index (Phi) is 4.04. The van der Waals surface area contributed by atoms with Crippen LogP contribution in [0.4, 0.5) is 5.69 Å². The first-order chi connectivity index (χ1) is 8.24. The molecule has 3 heteroatoms. The number of benzene rings is 2. The van der Waals surface area contributed by atoms with Crippen molar-refractivity contribution in [2.24, 2.45) is 0 Å². The molecule has 0 saturated heterocycles. The number of anilines is 1. The van der Waals surface area contributed by atoms with E-state index in [1.807, 2.05) is 36.4 Å². The molecule has 2 rings (SSSR count). The van der Waals surface area contributed by atoms with E-state index in [-0.39, 0.29) is 0 Å². The summed E-state index contributed by atoms with van der Waals surface area (Å²) in [5.41, 5.74) is 7.62. The molecule has 0 fully saturated rings. The molecule has 0 spiro atoms. The molecule has 0 aromatic heterocycles. The van der Waals surface area contributed by atoms with Crippen molar-refractivity contribution in [1.82, 2.24) is 0 Å². The van der Waals surface area contributed by atoms with Crippen molar-refractivity contribution in [3.05, 3.63) is 58.6 Å². The molecule has 0 atom stereocenters. The van der Waals surface area contributed by atoms with Crippen molar-refractivity contribution < 1.29 is 4.74 Å². The van der Waals surface area contributed by atoms with E-state index >= 15 is 0 Å². The van der Waals surface area contributed by atoms with Crippen LogP contribution in [0.1, 0.15) is 5.56 Å². The fourth-order valence-electron chi connectivity index (χ4n) is 1.54. The number of hydrogen-bond donors (Lipinski definition) is 1. The maximum atomic E-state index is 5.63. The van der Waals surface area contributed by atoms with Gasteiger partial charge in [0.05, 0.1) is 6.61 Å². The summed E-state index contributed by atoms with van der Waals surface area (Å²) in [6, 6.07) is 15.7. The average Bonchev–Trinajstić information content (AvgIpc) is 2.32. The van der Waals surface area contributed by atoms with E-state index in [2.05, 4.69) is 28.1 Å². The smallest absolute Gasteiger partial charge is 0.119 e. The minimum atomic E-state index is 0.667. The van der Waals surface area contributed by atoms with Gasteiger partial charge in [0.25, 0.3) is 0 Å². The van der Waals surface area contributed by atoms with E-state index in [1.54, 1.807) is 0 Å². The predicted molar refractivity (Wildman–Crippen MR) is 74.2 cm³/mol. The standard InChI is InChI=1S/C14H14BrNO/c15-12-3-1-2-11(10-12)8-9-17-14-6-4-13(16)5-7-14/h1-7,10H,8-9,16H2. The van der Waals surface area contributed by atoms with Gasteiger partial charge >= 0.3 is 0 Å². The van der Waals surface area contributed by atoms with E-state index in [0.29, 0.717) is 6.61 Å². The first kappa shape index (κ1) is 12.0. The molecule has 0 aliphatic carbocycles. The van der Waals surface area contributed by atoms with Gasteiger partial charge in [0.2, 0.25) is 0 Å². The lowest BCUT2D eigenvalue weighted by Gasteiger charge is -2.06. The van der Waals surface area contributed by atoms with E-state index in [9.17, 15) is 0 Å². The Hall–Kier alpha value is -1.48. The molecule has 0 aliphatic rings. The summed E-state index contributed by atoms with van der Waals surface area (Å²) < 4.78 is 6.73. The third-order valence-corrected chi connectivity index (χ3v) is 2.92. The maximum Gasteiger partial charge on any atom is 0.119 e. The van der Waals surface area contributed by atoms with Crippen LogP contribution >= 0.6 is 15.9 Å². The molecule has 0 aliphatic heterocycles. The zero-order valence-corrected chi connectivity index (χ0v) is 11.0. The van der Waals surface area contributed by atoms with Crippen LogP contribution in [0, 0.1) is 0 Å². The Morgan fingerprint density at radius 2 is 1.82 bits per heavy atom. The van der Waals surface area contributed by atoms with Crippen molar-refractivity contribution in [1.29, 1.82) is 0 Å². The summed E-state index contributed by atoms with van der Waals surface area (Å²) >= 11 is 3.45. The van der Waals surface area contributed by atoms with Crippen LogP contribution in [0.15, 0.2) is 53.0 Å². The van der Waals surface area contributed by atoms with Gasteiger partial charge < -0.3 is 10.5 Å². The minimum absolute atomic E-state index is 0.667. The Morgan fingerprint density at radius 3 is 2.53 bits per heavy atom. The molecule has 88 valence electrons. The summed E-state index contributed by atoms with van der Waals surface area (Å²) in [4.78, 5) is 0. The predicted octanol–water partition coefficient (Wildman–Crippen LogP) is 3.65. The lowest BCUT2D eigenvalue weighted by atomic mass is 10.2.